The minimum atomic E-state index is 0.369. The van der Waals surface area contributed by atoms with Crippen molar-refractivity contribution < 1.29 is 4.74 Å². The van der Waals surface area contributed by atoms with Gasteiger partial charge in [-0.05, 0) is 27.4 Å². The second-order valence-electron chi connectivity index (χ2n) is 3.83. The Kier molecular flexibility index (Phi) is 4.94. The fourth-order valence-corrected chi connectivity index (χ4v) is 1.19. The van der Waals surface area contributed by atoms with Crippen LogP contribution in [-0.2, 0) is 0 Å². The van der Waals surface area contributed by atoms with E-state index in [4.69, 9.17) is 10.6 Å². The van der Waals surface area contributed by atoms with Crippen molar-refractivity contribution in [3.8, 4) is 5.88 Å². The van der Waals surface area contributed by atoms with Gasteiger partial charge in [0.25, 0.3) is 0 Å². The Balaban J connectivity index is 2.46. The van der Waals surface area contributed by atoms with Crippen LogP contribution in [0, 0.1) is 6.92 Å². The number of rotatable bonds is 6. The molecule has 0 amide bonds. The number of nitrogens with one attached hydrogen (secondary N) is 1. The smallest absolute Gasteiger partial charge is 0.240 e. The second-order valence-corrected chi connectivity index (χ2v) is 3.83. The van der Waals surface area contributed by atoms with Crippen LogP contribution in [0.25, 0.3) is 0 Å². The SMILES string of the molecule is Cc1cnc(NN)nc1OCCCN(C)C. The summed E-state index contributed by atoms with van der Waals surface area (Å²) in [5.41, 5.74) is 3.30. The number of nitrogens with zero attached hydrogens (tertiary/aromatic N) is 3. The number of aryl methyl sites for hydroxylation is 1. The number of hydrogen-bond donors (Lipinski definition) is 2. The lowest BCUT2D eigenvalue weighted by Gasteiger charge is -2.11. The molecule has 0 fully saturated rings. The Morgan fingerprint density at radius 1 is 1.50 bits per heavy atom. The minimum absolute atomic E-state index is 0.369. The molecule has 3 N–H and O–H groups in total. The normalized spacial score (nSPS) is 10.6. The van der Waals surface area contributed by atoms with Gasteiger partial charge in [0.15, 0.2) is 0 Å². The summed E-state index contributed by atoms with van der Waals surface area (Å²) in [4.78, 5) is 10.2. The molecular formula is C10H19N5O. The first-order valence-electron chi connectivity index (χ1n) is 5.21. The van der Waals surface area contributed by atoms with Gasteiger partial charge in [0.05, 0.1) is 6.61 Å². The van der Waals surface area contributed by atoms with Gasteiger partial charge in [-0.1, -0.05) is 0 Å². The molecule has 0 aliphatic rings. The molecule has 0 bridgehead atoms. The van der Waals surface area contributed by atoms with Crippen LogP contribution in [0.1, 0.15) is 12.0 Å². The lowest BCUT2D eigenvalue weighted by Crippen LogP contribution is -2.16. The molecule has 0 saturated heterocycles. The van der Waals surface area contributed by atoms with Gasteiger partial charge >= 0.3 is 0 Å². The highest BCUT2D eigenvalue weighted by molar-refractivity contribution is 5.31. The van der Waals surface area contributed by atoms with Crippen LogP contribution < -0.4 is 16.0 Å². The molecule has 0 aliphatic carbocycles. The molecule has 16 heavy (non-hydrogen) atoms. The maximum Gasteiger partial charge on any atom is 0.240 e. The average molecular weight is 225 g/mol. The first kappa shape index (κ1) is 12.7. The van der Waals surface area contributed by atoms with E-state index in [0.717, 1.165) is 18.5 Å². The van der Waals surface area contributed by atoms with E-state index in [1.54, 1.807) is 6.20 Å². The number of hydrogen-bond acceptors (Lipinski definition) is 6. The van der Waals surface area contributed by atoms with E-state index in [1.807, 2.05) is 21.0 Å². The summed E-state index contributed by atoms with van der Waals surface area (Å²) in [5.74, 6) is 6.18. The number of nitrogens with two attached hydrogens (primary N) is 1. The van der Waals surface area contributed by atoms with E-state index in [-0.39, 0.29) is 0 Å². The van der Waals surface area contributed by atoms with Gasteiger partial charge in [-0.15, -0.1) is 0 Å². The van der Waals surface area contributed by atoms with E-state index >= 15 is 0 Å². The summed E-state index contributed by atoms with van der Waals surface area (Å²) in [5, 5.41) is 0. The summed E-state index contributed by atoms with van der Waals surface area (Å²) in [7, 11) is 4.07. The number of hydrazine groups is 1. The molecule has 6 nitrogen and oxygen atoms in total. The quantitative estimate of drug-likeness (QED) is 0.414. The molecule has 0 aliphatic heterocycles. The molecule has 1 rings (SSSR count). The van der Waals surface area contributed by atoms with Gasteiger partial charge in [0.2, 0.25) is 11.8 Å². The van der Waals surface area contributed by atoms with E-state index in [0.29, 0.717) is 18.4 Å². The molecular weight excluding hydrogens is 206 g/mol. The Bertz CT molecular complexity index is 329. The van der Waals surface area contributed by atoms with Gasteiger partial charge in [-0.3, -0.25) is 5.43 Å². The van der Waals surface area contributed by atoms with Crippen LogP contribution >= 0.6 is 0 Å². The Labute approximate surface area is 95.8 Å². The predicted molar refractivity (Wildman–Crippen MR) is 63.2 cm³/mol. The lowest BCUT2D eigenvalue weighted by molar-refractivity contribution is 0.271. The highest BCUT2D eigenvalue weighted by atomic mass is 16.5. The maximum absolute atomic E-state index is 5.56. The van der Waals surface area contributed by atoms with Crippen molar-refractivity contribution in [2.45, 2.75) is 13.3 Å². The molecule has 0 aromatic carbocycles. The third kappa shape index (κ3) is 4.00. The summed E-state index contributed by atoms with van der Waals surface area (Å²) in [6, 6.07) is 0. The number of nitrogen functional groups attached to an aromatic ring is 1. The average Bonchev–Trinajstić information content (AvgIpc) is 2.26. The molecule has 0 spiro atoms. The zero-order chi connectivity index (χ0) is 12.0. The van der Waals surface area contributed by atoms with Crippen LogP contribution in [0.5, 0.6) is 5.88 Å². The zero-order valence-corrected chi connectivity index (χ0v) is 10.0. The van der Waals surface area contributed by atoms with Crippen molar-refractivity contribution in [3.63, 3.8) is 0 Å². The van der Waals surface area contributed by atoms with Crippen LogP contribution in [0.15, 0.2) is 6.20 Å². The van der Waals surface area contributed by atoms with Crippen LogP contribution in [0.3, 0.4) is 0 Å². The largest absolute Gasteiger partial charge is 0.477 e. The van der Waals surface area contributed by atoms with Gasteiger partial charge < -0.3 is 9.64 Å². The molecule has 90 valence electrons. The predicted octanol–water partition coefficient (Wildman–Crippen LogP) is 0.401. The zero-order valence-electron chi connectivity index (χ0n) is 10.0. The van der Waals surface area contributed by atoms with Crippen molar-refractivity contribution in [2.24, 2.45) is 5.84 Å². The molecule has 0 unspecified atom stereocenters. The van der Waals surface area contributed by atoms with Gasteiger partial charge in [-0.25, -0.2) is 10.8 Å². The van der Waals surface area contributed by atoms with Crippen LogP contribution in [-0.4, -0.2) is 42.1 Å². The summed E-state index contributed by atoms with van der Waals surface area (Å²) in [6.45, 7) is 3.54. The molecule has 1 aromatic heterocycles. The topological polar surface area (TPSA) is 76.3 Å². The second kappa shape index (κ2) is 6.24. The third-order valence-corrected chi connectivity index (χ3v) is 2.04. The van der Waals surface area contributed by atoms with Crippen molar-refractivity contribution in [1.82, 2.24) is 14.9 Å². The standard InChI is InChI=1S/C10H19N5O/c1-8-7-12-10(14-11)13-9(8)16-6-4-5-15(2)3/h7H,4-6,11H2,1-3H3,(H,12,13,14). The summed E-state index contributed by atoms with van der Waals surface area (Å²) >= 11 is 0. The fourth-order valence-electron chi connectivity index (χ4n) is 1.19. The van der Waals surface area contributed by atoms with Gasteiger partial charge in [0, 0.05) is 18.3 Å². The number of ether oxygens (including phenoxy) is 1. The Hall–Kier alpha value is -1.40. The molecule has 0 saturated carbocycles. The first-order chi connectivity index (χ1) is 7.63. The number of anilines is 1. The Morgan fingerprint density at radius 3 is 2.88 bits per heavy atom. The summed E-state index contributed by atoms with van der Waals surface area (Å²) in [6.07, 6.45) is 2.64. The highest BCUT2D eigenvalue weighted by Crippen LogP contribution is 2.14. The molecule has 0 atom stereocenters. The number of aromatic nitrogens is 2. The maximum atomic E-state index is 5.56. The highest BCUT2D eigenvalue weighted by Gasteiger charge is 2.03. The monoisotopic (exact) mass is 225 g/mol. The third-order valence-electron chi connectivity index (χ3n) is 2.04. The molecule has 1 heterocycles. The fraction of sp³-hybridized carbons (Fsp3) is 0.600. The van der Waals surface area contributed by atoms with Crippen molar-refractivity contribution in [1.29, 1.82) is 0 Å². The molecule has 0 radical (unpaired) electrons. The van der Waals surface area contributed by atoms with Gasteiger partial charge in [0.1, 0.15) is 0 Å². The van der Waals surface area contributed by atoms with E-state index < -0.39 is 0 Å². The Morgan fingerprint density at radius 2 is 2.25 bits per heavy atom. The van der Waals surface area contributed by atoms with Gasteiger partial charge in [-0.2, -0.15) is 4.98 Å². The molecule has 1 aromatic rings. The first-order valence-corrected chi connectivity index (χ1v) is 5.21. The van der Waals surface area contributed by atoms with Crippen molar-refractivity contribution in [2.75, 3.05) is 32.7 Å². The summed E-state index contributed by atoms with van der Waals surface area (Å²) < 4.78 is 5.56. The van der Waals surface area contributed by atoms with Crippen LogP contribution in [0.2, 0.25) is 0 Å². The van der Waals surface area contributed by atoms with E-state index in [2.05, 4.69) is 20.3 Å². The van der Waals surface area contributed by atoms with E-state index in [1.165, 1.54) is 0 Å². The van der Waals surface area contributed by atoms with Crippen molar-refractivity contribution >= 4 is 5.95 Å². The minimum Gasteiger partial charge on any atom is -0.477 e. The lowest BCUT2D eigenvalue weighted by atomic mass is 10.4. The van der Waals surface area contributed by atoms with Crippen LogP contribution in [0.4, 0.5) is 5.95 Å². The molecule has 6 heteroatoms. The van der Waals surface area contributed by atoms with Crippen molar-refractivity contribution in [3.05, 3.63) is 11.8 Å². The van der Waals surface area contributed by atoms with E-state index in [9.17, 15) is 0 Å².